The number of carbonyl (C=O) groups excluding carboxylic acids is 3. The molecule has 6 heteroatoms. The van der Waals surface area contributed by atoms with Gasteiger partial charge in [-0.1, -0.05) is 299 Å². The molecule has 0 aromatic heterocycles. The van der Waals surface area contributed by atoms with Crippen LogP contribution < -0.4 is 0 Å². The summed E-state index contributed by atoms with van der Waals surface area (Å²) in [6, 6.07) is 0. The summed E-state index contributed by atoms with van der Waals surface area (Å²) in [6.45, 7) is 6.50. The van der Waals surface area contributed by atoms with Crippen LogP contribution in [0.5, 0.6) is 0 Å². The zero-order chi connectivity index (χ0) is 55.0. The van der Waals surface area contributed by atoms with Gasteiger partial charge in [-0.2, -0.15) is 0 Å². The first-order valence-electron chi connectivity index (χ1n) is 32.9. The molecule has 0 bridgehead atoms. The summed E-state index contributed by atoms with van der Waals surface area (Å²) in [5, 5.41) is 0. The molecule has 0 aliphatic carbocycles. The Bertz CT molecular complexity index is 1400. The lowest BCUT2D eigenvalue weighted by atomic mass is 10.0. The fourth-order valence-electron chi connectivity index (χ4n) is 9.53. The van der Waals surface area contributed by atoms with Crippen molar-refractivity contribution in [3.63, 3.8) is 0 Å². The second kappa shape index (κ2) is 64.4. The van der Waals surface area contributed by atoms with Crippen LogP contribution in [0.15, 0.2) is 72.9 Å². The minimum absolute atomic E-state index is 0.0880. The summed E-state index contributed by atoms with van der Waals surface area (Å²) in [5.41, 5.74) is 0. The van der Waals surface area contributed by atoms with E-state index < -0.39 is 6.10 Å². The Morgan fingerprint density at radius 3 is 0.829 bits per heavy atom. The third kappa shape index (κ3) is 61.7. The molecule has 1 unspecified atom stereocenters. The maximum absolute atomic E-state index is 12.8. The summed E-state index contributed by atoms with van der Waals surface area (Å²) in [7, 11) is 0. The number of rotatable bonds is 60. The van der Waals surface area contributed by atoms with Gasteiger partial charge in [0.1, 0.15) is 13.2 Å². The van der Waals surface area contributed by atoms with Crippen molar-refractivity contribution < 1.29 is 28.6 Å². The van der Waals surface area contributed by atoms with Gasteiger partial charge >= 0.3 is 17.9 Å². The Hall–Kier alpha value is -3.15. The van der Waals surface area contributed by atoms with Crippen molar-refractivity contribution in [3.05, 3.63) is 72.9 Å². The van der Waals surface area contributed by atoms with Crippen molar-refractivity contribution in [1.29, 1.82) is 0 Å². The molecule has 0 radical (unpaired) electrons. The second-order valence-corrected chi connectivity index (χ2v) is 22.0. The van der Waals surface area contributed by atoms with Gasteiger partial charge < -0.3 is 14.2 Å². The average molecular weight is 1060 g/mol. The number of ether oxygens (including phenoxy) is 3. The largest absolute Gasteiger partial charge is 0.462 e. The summed E-state index contributed by atoms with van der Waals surface area (Å²) < 4.78 is 16.8. The summed E-state index contributed by atoms with van der Waals surface area (Å²) in [4.78, 5) is 38.1. The molecule has 0 fully saturated rings. The molecule has 0 aromatic rings. The van der Waals surface area contributed by atoms with Gasteiger partial charge in [0.2, 0.25) is 0 Å². The zero-order valence-corrected chi connectivity index (χ0v) is 50.5. The van der Waals surface area contributed by atoms with Crippen LogP contribution in [-0.4, -0.2) is 37.2 Å². The molecule has 0 aliphatic rings. The van der Waals surface area contributed by atoms with Crippen molar-refractivity contribution in [2.45, 2.75) is 341 Å². The van der Waals surface area contributed by atoms with E-state index in [4.69, 9.17) is 14.2 Å². The average Bonchev–Trinajstić information content (AvgIpc) is 3.42. The quantitative estimate of drug-likeness (QED) is 0.0261. The van der Waals surface area contributed by atoms with Crippen LogP contribution in [0.1, 0.15) is 335 Å². The third-order valence-electron chi connectivity index (χ3n) is 14.4. The van der Waals surface area contributed by atoms with Gasteiger partial charge in [-0.05, 0) is 89.9 Å². The maximum atomic E-state index is 12.8. The maximum Gasteiger partial charge on any atom is 0.306 e. The van der Waals surface area contributed by atoms with E-state index in [2.05, 4.69) is 93.7 Å². The minimum atomic E-state index is -0.793. The van der Waals surface area contributed by atoms with E-state index >= 15 is 0 Å². The molecule has 0 aromatic carbocycles. The Morgan fingerprint density at radius 2 is 0.513 bits per heavy atom. The molecule has 440 valence electrons. The summed E-state index contributed by atoms with van der Waals surface area (Å²) in [5.74, 6) is -0.918. The minimum Gasteiger partial charge on any atom is -0.462 e. The normalized spacial score (nSPS) is 12.5. The predicted molar refractivity (Wildman–Crippen MR) is 330 cm³/mol. The van der Waals surface area contributed by atoms with Crippen LogP contribution >= 0.6 is 0 Å². The molecule has 0 amide bonds. The number of esters is 3. The van der Waals surface area contributed by atoms with E-state index in [1.807, 2.05) is 0 Å². The van der Waals surface area contributed by atoms with E-state index in [1.54, 1.807) is 0 Å². The molecule has 0 N–H and O–H groups in total. The highest BCUT2D eigenvalue weighted by molar-refractivity contribution is 5.71. The zero-order valence-electron chi connectivity index (χ0n) is 50.5. The summed E-state index contributed by atoms with van der Waals surface area (Å²) >= 11 is 0. The van der Waals surface area contributed by atoms with Crippen LogP contribution in [0.2, 0.25) is 0 Å². The van der Waals surface area contributed by atoms with Crippen molar-refractivity contribution >= 4 is 17.9 Å². The van der Waals surface area contributed by atoms with Gasteiger partial charge in [-0.25, -0.2) is 0 Å². The molecular formula is C70H124O6. The highest BCUT2D eigenvalue weighted by atomic mass is 16.6. The molecular weight excluding hydrogens is 937 g/mol. The topological polar surface area (TPSA) is 78.9 Å². The molecule has 0 saturated carbocycles. The molecule has 0 saturated heterocycles. The third-order valence-corrected chi connectivity index (χ3v) is 14.4. The molecule has 0 aliphatic heterocycles. The van der Waals surface area contributed by atoms with Gasteiger partial charge in [-0.3, -0.25) is 14.4 Å². The number of hydrogen-bond acceptors (Lipinski definition) is 6. The van der Waals surface area contributed by atoms with Gasteiger partial charge in [0.05, 0.1) is 0 Å². The fourth-order valence-corrected chi connectivity index (χ4v) is 9.53. The Labute approximate surface area is 472 Å². The van der Waals surface area contributed by atoms with Crippen molar-refractivity contribution in [3.8, 4) is 0 Å². The molecule has 0 spiro atoms. The lowest BCUT2D eigenvalue weighted by molar-refractivity contribution is -0.167. The van der Waals surface area contributed by atoms with Crippen LogP contribution in [0.3, 0.4) is 0 Å². The van der Waals surface area contributed by atoms with E-state index in [0.29, 0.717) is 19.3 Å². The lowest BCUT2D eigenvalue weighted by Gasteiger charge is -2.18. The van der Waals surface area contributed by atoms with Crippen molar-refractivity contribution in [2.24, 2.45) is 0 Å². The SMILES string of the molecule is CC/C=C\C/C=C\C/C=C\C/C=C\CCCCC(=O)OC(COC(=O)CCCCCCCCCCCC)COC(=O)CCCCCCCCCCCCCCCCCCCCCCC/C=C\C/C=C\CCCCCCC. The Balaban J connectivity index is 4.08. The second-order valence-electron chi connectivity index (χ2n) is 22.0. The first-order valence-corrected chi connectivity index (χ1v) is 32.9. The molecule has 6 nitrogen and oxygen atoms in total. The van der Waals surface area contributed by atoms with E-state index in [9.17, 15) is 14.4 Å². The molecule has 1 atom stereocenters. The highest BCUT2D eigenvalue weighted by Crippen LogP contribution is 2.17. The van der Waals surface area contributed by atoms with E-state index in [0.717, 1.165) is 83.5 Å². The Morgan fingerprint density at radius 1 is 0.276 bits per heavy atom. The molecule has 76 heavy (non-hydrogen) atoms. The molecule has 0 heterocycles. The fraction of sp³-hybridized carbons (Fsp3) is 0.786. The van der Waals surface area contributed by atoms with Crippen LogP contribution in [0.25, 0.3) is 0 Å². The smallest absolute Gasteiger partial charge is 0.306 e. The Kier molecular flexibility index (Phi) is 61.7. The standard InChI is InChI=1S/C70H124O6/c1-4-7-10-13-16-19-22-24-26-27-28-29-30-31-32-33-34-35-36-37-38-39-40-41-42-43-45-46-48-51-54-57-60-63-69(72)75-66-67(65-74-68(71)62-59-56-53-50-21-18-15-12-9-6-3)76-70(73)64-61-58-55-52-49-47-44-25-23-20-17-14-11-8-5-2/h8,11,17,20,22,24-25,27-28,44,49,52,67H,4-7,9-10,12-16,18-19,21,23,26,29-43,45-48,50-51,53-66H2,1-3H3/b11-8-,20-17-,24-22-,28-27-,44-25-,52-49-. The first kappa shape index (κ1) is 72.8. The van der Waals surface area contributed by atoms with Crippen LogP contribution in [0.4, 0.5) is 0 Å². The van der Waals surface area contributed by atoms with E-state index in [-0.39, 0.29) is 37.5 Å². The number of unbranched alkanes of at least 4 members (excludes halogenated alkanes) is 37. The first-order chi connectivity index (χ1) is 37.5. The van der Waals surface area contributed by atoms with Gasteiger partial charge in [0, 0.05) is 19.3 Å². The van der Waals surface area contributed by atoms with Crippen molar-refractivity contribution in [1.82, 2.24) is 0 Å². The highest BCUT2D eigenvalue weighted by Gasteiger charge is 2.19. The number of hydrogen-bond donors (Lipinski definition) is 0. The van der Waals surface area contributed by atoms with Crippen molar-refractivity contribution in [2.75, 3.05) is 13.2 Å². The molecule has 0 rings (SSSR count). The van der Waals surface area contributed by atoms with Gasteiger partial charge in [-0.15, -0.1) is 0 Å². The van der Waals surface area contributed by atoms with E-state index in [1.165, 1.54) is 205 Å². The van der Waals surface area contributed by atoms with Crippen LogP contribution in [0, 0.1) is 0 Å². The number of carbonyl (C=O) groups is 3. The van der Waals surface area contributed by atoms with Gasteiger partial charge in [0.25, 0.3) is 0 Å². The number of allylic oxidation sites excluding steroid dienone is 12. The van der Waals surface area contributed by atoms with Crippen LogP contribution in [-0.2, 0) is 28.6 Å². The monoisotopic (exact) mass is 1060 g/mol. The van der Waals surface area contributed by atoms with Gasteiger partial charge in [0.15, 0.2) is 6.10 Å². The predicted octanol–water partition coefficient (Wildman–Crippen LogP) is 22.5. The lowest BCUT2D eigenvalue weighted by Crippen LogP contribution is -2.30. The summed E-state index contributed by atoms with van der Waals surface area (Å²) in [6.07, 6.45) is 83.8.